The third kappa shape index (κ3) is 5.79. The van der Waals surface area contributed by atoms with Crippen LogP contribution in [0.3, 0.4) is 0 Å². The Morgan fingerprint density at radius 1 is 1.15 bits per heavy atom. The molecule has 1 saturated heterocycles. The van der Waals surface area contributed by atoms with E-state index in [0.717, 1.165) is 12.8 Å². The molecule has 188 valence electrons. The van der Waals surface area contributed by atoms with E-state index in [0.29, 0.717) is 0 Å². The molecule has 0 aromatic carbocycles. The smallest absolute Gasteiger partial charge is 0.243 e. The minimum atomic E-state index is -0.760. The molecule has 0 radical (unpaired) electrons. The monoisotopic (exact) mass is 463 g/mol. The minimum Gasteiger partial charge on any atom is -0.394 e. The van der Waals surface area contributed by atoms with Crippen molar-refractivity contribution in [1.29, 1.82) is 0 Å². The van der Waals surface area contributed by atoms with Crippen molar-refractivity contribution in [3.8, 4) is 0 Å². The van der Waals surface area contributed by atoms with Crippen molar-refractivity contribution in [3.63, 3.8) is 0 Å². The summed E-state index contributed by atoms with van der Waals surface area (Å²) in [5.41, 5.74) is -0.460. The topological polar surface area (TPSA) is 98.7 Å². The van der Waals surface area contributed by atoms with E-state index >= 15 is 0 Å². The van der Waals surface area contributed by atoms with Gasteiger partial charge in [-0.3, -0.25) is 14.4 Å². The van der Waals surface area contributed by atoms with Crippen molar-refractivity contribution in [1.82, 2.24) is 15.5 Å². The van der Waals surface area contributed by atoms with E-state index in [4.69, 9.17) is 0 Å². The van der Waals surface area contributed by atoms with Crippen LogP contribution in [0.4, 0.5) is 0 Å². The molecule has 0 aromatic heterocycles. The van der Waals surface area contributed by atoms with Crippen molar-refractivity contribution in [3.05, 3.63) is 12.2 Å². The summed E-state index contributed by atoms with van der Waals surface area (Å²) in [7, 11) is 1.58. The van der Waals surface area contributed by atoms with Crippen LogP contribution in [0.2, 0.25) is 0 Å². The second-order valence-corrected chi connectivity index (χ2v) is 11.9. The van der Waals surface area contributed by atoms with E-state index in [1.165, 1.54) is 0 Å². The van der Waals surface area contributed by atoms with Crippen LogP contribution in [0.15, 0.2) is 12.2 Å². The molecule has 3 amide bonds. The number of nitrogens with one attached hydrogen (secondary N) is 2. The molecule has 33 heavy (non-hydrogen) atoms. The van der Waals surface area contributed by atoms with E-state index in [2.05, 4.69) is 31.4 Å². The molecule has 2 rings (SSSR count). The average Bonchev–Trinajstić information content (AvgIpc) is 2.98. The van der Waals surface area contributed by atoms with Crippen LogP contribution < -0.4 is 10.6 Å². The number of nitrogens with zero attached hydrogens (tertiary/aromatic N) is 1. The van der Waals surface area contributed by atoms with Gasteiger partial charge in [0.2, 0.25) is 17.7 Å². The first-order chi connectivity index (χ1) is 15.2. The van der Waals surface area contributed by atoms with Crippen molar-refractivity contribution in [2.45, 2.75) is 85.9 Å². The molecule has 7 nitrogen and oxygen atoms in total. The zero-order valence-corrected chi connectivity index (χ0v) is 21.9. The highest BCUT2D eigenvalue weighted by Gasteiger charge is 2.58. The van der Waals surface area contributed by atoms with E-state index in [-0.39, 0.29) is 41.6 Å². The maximum atomic E-state index is 13.9. The van der Waals surface area contributed by atoms with E-state index in [1.54, 1.807) is 11.9 Å². The summed E-state index contributed by atoms with van der Waals surface area (Å²) in [6, 6.07) is -1.24. The molecule has 2 aliphatic rings. The SMILES string of the molecule is CC[C@H](C)[C@H](CO)N1C(=O)[C@H]2[C@H](C=C[C@@H](C)[C@H]2C(=O)NC)[C@H]1C(=O)NC(C)(C)CC(C)(C)C. The first kappa shape index (κ1) is 27.4. The zero-order valence-electron chi connectivity index (χ0n) is 21.9. The third-order valence-corrected chi connectivity index (χ3v) is 7.31. The van der Waals surface area contributed by atoms with Crippen LogP contribution >= 0.6 is 0 Å². The minimum absolute atomic E-state index is 0.0110. The number of hydrogen-bond donors (Lipinski definition) is 3. The van der Waals surface area contributed by atoms with Gasteiger partial charge in [0.25, 0.3) is 0 Å². The Hall–Kier alpha value is -1.89. The predicted molar refractivity (Wildman–Crippen MR) is 130 cm³/mol. The van der Waals surface area contributed by atoms with E-state index in [1.807, 2.05) is 46.8 Å². The van der Waals surface area contributed by atoms with Gasteiger partial charge in [-0.15, -0.1) is 0 Å². The fourth-order valence-electron chi connectivity index (χ4n) is 6.05. The summed E-state index contributed by atoms with van der Waals surface area (Å²) in [4.78, 5) is 42.1. The highest BCUT2D eigenvalue weighted by atomic mass is 16.3. The average molecular weight is 464 g/mol. The van der Waals surface area contributed by atoms with Gasteiger partial charge in [0.15, 0.2) is 0 Å². The highest BCUT2D eigenvalue weighted by molar-refractivity contribution is 5.97. The number of carbonyl (C=O) groups is 3. The van der Waals surface area contributed by atoms with Gasteiger partial charge >= 0.3 is 0 Å². The lowest BCUT2D eigenvalue weighted by molar-refractivity contribution is -0.144. The van der Waals surface area contributed by atoms with Crippen molar-refractivity contribution < 1.29 is 19.5 Å². The summed E-state index contributed by atoms with van der Waals surface area (Å²) < 4.78 is 0. The molecule has 0 unspecified atom stereocenters. The summed E-state index contributed by atoms with van der Waals surface area (Å²) in [5, 5.41) is 16.2. The summed E-state index contributed by atoms with van der Waals surface area (Å²) in [6.07, 6.45) is 5.43. The molecule has 1 aliphatic carbocycles. The molecule has 1 aliphatic heterocycles. The van der Waals surface area contributed by atoms with E-state index < -0.39 is 35.4 Å². The number of carbonyl (C=O) groups excluding carboxylic acids is 3. The first-order valence-electron chi connectivity index (χ1n) is 12.3. The van der Waals surface area contributed by atoms with Crippen LogP contribution in [0.5, 0.6) is 0 Å². The summed E-state index contributed by atoms with van der Waals surface area (Å²) in [5.74, 6) is -2.31. The second kappa shape index (κ2) is 10.2. The van der Waals surface area contributed by atoms with Crippen LogP contribution in [-0.4, -0.2) is 59.0 Å². The molecule has 0 spiro atoms. The van der Waals surface area contributed by atoms with Crippen LogP contribution in [0.25, 0.3) is 0 Å². The lowest BCUT2D eigenvalue weighted by Crippen LogP contribution is -2.58. The standard InChI is InChI=1S/C26H45N3O4/c1-10-15(2)18(13-30)29-21(23(32)28-26(7,8)14-25(4,5)6)17-12-11-16(3)19(22(31)27-9)20(17)24(29)33/h11-12,15-21,30H,10,13-14H2,1-9H3,(H,27,31)(H,28,32)/t15-,16+,17-,18-,19+,20-,21-/m0/s1. The molecule has 0 aromatic rings. The second-order valence-electron chi connectivity index (χ2n) is 11.9. The van der Waals surface area contributed by atoms with Gasteiger partial charge in [-0.05, 0) is 37.5 Å². The lowest BCUT2D eigenvalue weighted by atomic mass is 9.70. The number of aliphatic hydroxyl groups is 1. The molecule has 1 fully saturated rings. The zero-order chi connectivity index (χ0) is 25.3. The molecular formula is C26H45N3O4. The Morgan fingerprint density at radius 2 is 1.76 bits per heavy atom. The molecule has 7 heteroatoms. The van der Waals surface area contributed by atoms with Gasteiger partial charge in [0.05, 0.1) is 24.5 Å². The van der Waals surface area contributed by atoms with E-state index in [9.17, 15) is 19.5 Å². The van der Waals surface area contributed by atoms with Crippen molar-refractivity contribution in [2.24, 2.45) is 35.0 Å². The third-order valence-electron chi connectivity index (χ3n) is 7.31. The lowest BCUT2D eigenvalue weighted by Gasteiger charge is -2.39. The number of aliphatic hydroxyl groups excluding tert-OH is 1. The highest BCUT2D eigenvalue weighted by Crippen LogP contribution is 2.45. The normalized spacial score (nSPS) is 29.5. The Bertz CT molecular complexity index is 770. The Labute approximate surface area is 199 Å². The molecule has 3 N–H and O–H groups in total. The first-order valence-corrected chi connectivity index (χ1v) is 12.3. The fraction of sp³-hybridized carbons (Fsp3) is 0.808. The Morgan fingerprint density at radius 3 is 2.24 bits per heavy atom. The number of fused-ring (bicyclic) bond motifs is 1. The Kier molecular flexibility index (Phi) is 8.42. The quantitative estimate of drug-likeness (QED) is 0.482. The number of hydrogen-bond acceptors (Lipinski definition) is 4. The van der Waals surface area contributed by atoms with Gasteiger partial charge in [-0.2, -0.15) is 0 Å². The number of rotatable bonds is 8. The van der Waals surface area contributed by atoms with Gasteiger partial charge in [-0.1, -0.05) is 60.1 Å². The molecule has 0 bridgehead atoms. The number of allylic oxidation sites excluding steroid dienone is 1. The van der Waals surface area contributed by atoms with Crippen molar-refractivity contribution >= 4 is 17.7 Å². The predicted octanol–water partition coefficient (Wildman–Crippen LogP) is 2.74. The molecular weight excluding hydrogens is 418 g/mol. The summed E-state index contributed by atoms with van der Waals surface area (Å²) in [6.45, 7) is 16.1. The maximum absolute atomic E-state index is 13.9. The summed E-state index contributed by atoms with van der Waals surface area (Å²) >= 11 is 0. The van der Waals surface area contributed by atoms with Gasteiger partial charge in [0.1, 0.15) is 6.04 Å². The van der Waals surface area contributed by atoms with Crippen LogP contribution in [-0.2, 0) is 14.4 Å². The van der Waals surface area contributed by atoms with Crippen molar-refractivity contribution in [2.75, 3.05) is 13.7 Å². The van der Waals surface area contributed by atoms with Crippen LogP contribution in [0.1, 0.15) is 68.2 Å². The van der Waals surface area contributed by atoms with Crippen LogP contribution in [0, 0.1) is 35.0 Å². The fourth-order valence-corrected chi connectivity index (χ4v) is 6.05. The number of likely N-dealkylation sites (tertiary alicyclic amines) is 1. The number of amides is 3. The molecule has 7 atom stereocenters. The van der Waals surface area contributed by atoms with Gasteiger partial charge < -0.3 is 20.6 Å². The molecule has 0 saturated carbocycles. The van der Waals surface area contributed by atoms with Gasteiger partial charge in [-0.25, -0.2) is 0 Å². The molecule has 1 heterocycles. The maximum Gasteiger partial charge on any atom is 0.243 e. The Balaban J connectivity index is 2.53. The van der Waals surface area contributed by atoms with Gasteiger partial charge in [0, 0.05) is 18.5 Å². The largest absolute Gasteiger partial charge is 0.394 e.